The van der Waals surface area contributed by atoms with Crippen LogP contribution in [-0.2, 0) is 0 Å². The van der Waals surface area contributed by atoms with E-state index < -0.39 is 0 Å². The highest BCUT2D eigenvalue weighted by atomic mass is 15.3. The third-order valence-electron chi connectivity index (χ3n) is 1.70. The van der Waals surface area contributed by atoms with Crippen molar-refractivity contribution in [2.24, 2.45) is 5.10 Å². The summed E-state index contributed by atoms with van der Waals surface area (Å²) < 4.78 is 0. The minimum absolute atomic E-state index is 0.207. The molecule has 1 rings (SSSR count). The number of hydrogen-bond acceptors (Lipinski definition) is 5. The van der Waals surface area contributed by atoms with Gasteiger partial charge in [0, 0.05) is 7.05 Å². The Morgan fingerprint density at radius 1 is 1.20 bits per heavy atom. The van der Waals surface area contributed by atoms with Crippen LogP contribution in [0.15, 0.2) is 29.4 Å². The van der Waals surface area contributed by atoms with Crippen molar-refractivity contribution in [1.82, 2.24) is 0 Å². The van der Waals surface area contributed by atoms with Crippen LogP contribution >= 0.6 is 0 Å². The van der Waals surface area contributed by atoms with Crippen molar-refractivity contribution in [3.8, 4) is 12.1 Å². The standard InChI is InChI=1S/C10H9N5/c1-13-9-4-2-3-5-10(9)15-14-8(6-11)7-12/h2-5,13,15H,1H3. The maximum absolute atomic E-state index is 8.47. The highest BCUT2D eigenvalue weighted by Gasteiger charge is 1.98. The number of anilines is 2. The van der Waals surface area contributed by atoms with Gasteiger partial charge in [0.2, 0.25) is 5.71 Å². The Hall–Kier alpha value is -2.53. The molecule has 5 heteroatoms. The second-order valence-electron chi connectivity index (χ2n) is 2.59. The molecule has 0 aromatic heterocycles. The maximum Gasteiger partial charge on any atom is 0.237 e. The fourth-order valence-electron chi connectivity index (χ4n) is 0.990. The summed E-state index contributed by atoms with van der Waals surface area (Å²) in [7, 11) is 1.78. The molecule has 0 spiro atoms. The summed E-state index contributed by atoms with van der Waals surface area (Å²) in [5.41, 5.74) is 3.99. The second kappa shape index (κ2) is 5.25. The van der Waals surface area contributed by atoms with Crippen molar-refractivity contribution < 1.29 is 0 Å². The van der Waals surface area contributed by atoms with Crippen LogP contribution in [0.5, 0.6) is 0 Å². The SMILES string of the molecule is CNc1ccccc1NN=C(C#N)C#N. The highest BCUT2D eigenvalue weighted by Crippen LogP contribution is 2.19. The fourth-order valence-corrected chi connectivity index (χ4v) is 0.990. The Balaban J connectivity index is 2.87. The third kappa shape index (κ3) is 2.71. The van der Waals surface area contributed by atoms with Gasteiger partial charge in [-0.05, 0) is 12.1 Å². The van der Waals surface area contributed by atoms with Gasteiger partial charge in [-0.3, -0.25) is 5.43 Å². The second-order valence-corrected chi connectivity index (χ2v) is 2.59. The Morgan fingerprint density at radius 2 is 1.80 bits per heavy atom. The molecule has 0 saturated carbocycles. The van der Waals surface area contributed by atoms with E-state index in [1.54, 1.807) is 25.3 Å². The highest BCUT2D eigenvalue weighted by molar-refractivity contribution is 6.10. The molecule has 0 atom stereocenters. The van der Waals surface area contributed by atoms with Crippen molar-refractivity contribution >= 4 is 17.1 Å². The zero-order valence-electron chi connectivity index (χ0n) is 8.15. The molecule has 0 heterocycles. The summed E-state index contributed by atoms with van der Waals surface area (Å²) in [5.74, 6) is 0. The largest absolute Gasteiger partial charge is 0.386 e. The van der Waals surface area contributed by atoms with Crippen LogP contribution in [0.25, 0.3) is 0 Å². The molecule has 5 nitrogen and oxygen atoms in total. The normalized spacial score (nSPS) is 8.20. The van der Waals surface area contributed by atoms with Gasteiger partial charge < -0.3 is 5.32 Å². The Kier molecular flexibility index (Phi) is 3.70. The van der Waals surface area contributed by atoms with E-state index in [0.29, 0.717) is 5.69 Å². The van der Waals surface area contributed by atoms with Gasteiger partial charge in [0.15, 0.2) is 0 Å². The first-order chi connectivity index (χ1) is 7.31. The smallest absolute Gasteiger partial charge is 0.237 e. The van der Waals surface area contributed by atoms with Gasteiger partial charge in [-0.25, -0.2) is 0 Å². The van der Waals surface area contributed by atoms with Crippen molar-refractivity contribution in [3.05, 3.63) is 24.3 Å². The lowest BCUT2D eigenvalue weighted by Crippen LogP contribution is -1.99. The summed E-state index contributed by atoms with van der Waals surface area (Å²) >= 11 is 0. The molecule has 0 saturated heterocycles. The molecule has 0 aliphatic rings. The van der Waals surface area contributed by atoms with Crippen molar-refractivity contribution in [3.63, 3.8) is 0 Å². The van der Waals surface area contributed by atoms with Gasteiger partial charge in [0.05, 0.1) is 11.4 Å². The molecule has 2 N–H and O–H groups in total. The molecule has 1 aromatic carbocycles. The number of nitrogens with one attached hydrogen (secondary N) is 2. The number of para-hydroxylation sites is 2. The number of hydrazone groups is 1. The van der Waals surface area contributed by atoms with Crippen LogP contribution < -0.4 is 10.7 Å². The first-order valence-corrected chi connectivity index (χ1v) is 4.22. The number of benzene rings is 1. The molecule has 0 amide bonds. The number of nitrogens with zero attached hydrogens (tertiary/aromatic N) is 3. The third-order valence-corrected chi connectivity index (χ3v) is 1.70. The molecule has 0 aliphatic carbocycles. The molecule has 0 aliphatic heterocycles. The first-order valence-electron chi connectivity index (χ1n) is 4.22. The van der Waals surface area contributed by atoms with Gasteiger partial charge in [-0.15, -0.1) is 0 Å². The van der Waals surface area contributed by atoms with E-state index in [1.165, 1.54) is 0 Å². The minimum Gasteiger partial charge on any atom is -0.386 e. The lowest BCUT2D eigenvalue weighted by Gasteiger charge is -2.06. The van der Waals surface area contributed by atoms with Gasteiger partial charge in [-0.1, -0.05) is 12.1 Å². The zero-order valence-corrected chi connectivity index (χ0v) is 8.15. The van der Waals surface area contributed by atoms with Crippen LogP contribution in [0.3, 0.4) is 0 Å². The summed E-state index contributed by atoms with van der Waals surface area (Å²) in [5, 5.41) is 23.5. The summed E-state index contributed by atoms with van der Waals surface area (Å²) in [6.45, 7) is 0. The van der Waals surface area contributed by atoms with Crippen LogP contribution in [-0.4, -0.2) is 12.8 Å². The van der Waals surface area contributed by atoms with Crippen LogP contribution in [0.1, 0.15) is 0 Å². The zero-order chi connectivity index (χ0) is 11.1. The molecule has 0 bridgehead atoms. The minimum atomic E-state index is -0.207. The van der Waals surface area contributed by atoms with Crippen LogP contribution in [0.4, 0.5) is 11.4 Å². The number of rotatable bonds is 3. The van der Waals surface area contributed by atoms with E-state index in [4.69, 9.17) is 10.5 Å². The van der Waals surface area contributed by atoms with Gasteiger partial charge in [-0.2, -0.15) is 15.6 Å². The first kappa shape index (κ1) is 10.6. The number of nitriles is 2. The van der Waals surface area contributed by atoms with E-state index >= 15 is 0 Å². The molecule has 15 heavy (non-hydrogen) atoms. The molecular formula is C10H9N5. The fraction of sp³-hybridized carbons (Fsp3) is 0.100. The van der Waals surface area contributed by atoms with Gasteiger partial charge in [0.1, 0.15) is 12.1 Å². The summed E-state index contributed by atoms with van der Waals surface area (Å²) in [6, 6.07) is 10.7. The van der Waals surface area contributed by atoms with Crippen molar-refractivity contribution in [2.45, 2.75) is 0 Å². The monoisotopic (exact) mass is 199 g/mol. The van der Waals surface area contributed by atoms with Gasteiger partial charge >= 0.3 is 0 Å². The molecule has 0 radical (unpaired) electrons. The van der Waals surface area contributed by atoms with E-state index in [1.807, 2.05) is 18.2 Å². The summed E-state index contributed by atoms with van der Waals surface area (Å²) in [6.07, 6.45) is 0. The topological polar surface area (TPSA) is 84.0 Å². The lowest BCUT2D eigenvalue weighted by molar-refractivity contribution is 1.33. The molecular weight excluding hydrogens is 190 g/mol. The molecule has 1 aromatic rings. The predicted molar refractivity (Wildman–Crippen MR) is 58.3 cm³/mol. The maximum atomic E-state index is 8.47. The molecule has 0 unspecified atom stereocenters. The average Bonchev–Trinajstić information content (AvgIpc) is 2.31. The van der Waals surface area contributed by atoms with E-state index in [-0.39, 0.29) is 5.71 Å². The van der Waals surface area contributed by atoms with Crippen LogP contribution in [0.2, 0.25) is 0 Å². The van der Waals surface area contributed by atoms with E-state index in [0.717, 1.165) is 5.69 Å². The predicted octanol–water partition coefficient (Wildman–Crippen LogP) is 1.54. The van der Waals surface area contributed by atoms with Crippen molar-refractivity contribution in [1.29, 1.82) is 10.5 Å². The Labute approximate surface area is 87.6 Å². The average molecular weight is 199 g/mol. The number of hydrogen-bond donors (Lipinski definition) is 2. The molecule has 0 fully saturated rings. The Bertz CT molecular complexity index is 434. The lowest BCUT2D eigenvalue weighted by atomic mass is 10.3. The van der Waals surface area contributed by atoms with E-state index in [2.05, 4.69) is 15.8 Å². The quantitative estimate of drug-likeness (QED) is 0.571. The van der Waals surface area contributed by atoms with Crippen LogP contribution in [0, 0.1) is 22.7 Å². The molecule has 74 valence electrons. The van der Waals surface area contributed by atoms with E-state index in [9.17, 15) is 0 Å². The summed E-state index contributed by atoms with van der Waals surface area (Å²) in [4.78, 5) is 0. The van der Waals surface area contributed by atoms with Gasteiger partial charge in [0.25, 0.3) is 0 Å². The Morgan fingerprint density at radius 3 is 2.33 bits per heavy atom. The van der Waals surface area contributed by atoms with Crippen molar-refractivity contribution in [2.75, 3.05) is 17.8 Å².